The molecule has 1 aliphatic heterocycles. The first-order chi connectivity index (χ1) is 15.2. The van der Waals surface area contributed by atoms with Crippen molar-refractivity contribution in [1.29, 1.82) is 0 Å². The lowest BCUT2D eigenvalue weighted by Gasteiger charge is -2.27. The van der Waals surface area contributed by atoms with Gasteiger partial charge < -0.3 is 4.74 Å². The van der Waals surface area contributed by atoms with Crippen LogP contribution in [0.4, 0.5) is 5.13 Å². The highest BCUT2D eigenvalue weighted by Gasteiger charge is 2.20. The minimum Gasteiger partial charge on any atom is -0.379 e. The Labute approximate surface area is 192 Å². The number of aryl methyl sites for hydroxylation is 1. The van der Waals surface area contributed by atoms with Crippen LogP contribution in [0.2, 0.25) is 0 Å². The van der Waals surface area contributed by atoms with Crippen LogP contribution in [0.1, 0.15) is 18.4 Å². The van der Waals surface area contributed by atoms with Crippen molar-refractivity contribution in [3.63, 3.8) is 0 Å². The molecular weight excluding hydrogens is 426 g/mol. The van der Waals surface area contributed by atoms with Gasteiger partial charge in [-0.05, 0) is 43.2 Å². The zero-order valence-corrected chi connectivity index (χ0v) is 19.6. The van der Waals surface area contributed by atoms with Crippen LogP contribution in [0.3, 0.4) is 0 Å². The number of hydrogen-bond donors (Lipinski definition) is 0. The molecule has 1 amide bonds. The predicted octanol–water partition coefficient (Wildman–Crippen LogP) is 4.84. The molecular formula is C24H29N3O2S2. The SMILES string of the molecule is Cc1ccc2nc(N(CCCN3CCOCC3)C(=O)CCSc3ccccc3)sc2c1. The van der Waals surface area contributed by atoms with Crippen molar-refractivity contribution in [3.8, 4) is 0 Å². The summed E-state index contributed by atoms with van der Waals surface area (Å²) in [6.45, 7) is 7.32. The van der Waals surface area contributed by atoms with Crippen LogP contribution in [0, 0.1) is 6.92 Å². The van der Waals surface area contributed by atoms with Crippen molar-refractivity contribution in [2.75, 3.05) is 50.0 Å². The van der Waals surface area contributed by atoms with E-state index in [4.69, 9.17) is 9.72 Å². The summed E-state index contributed by atoms with van der Waals surface area (Å²) in [5, 5.41) is 0.817. The topological polar surface area (TPSA) is 45.7 Å². The summed E-state index contributed by atoms with van der Waals surface area (Å²) in [4.78, 5) is 23.5. The third-order valence-electron chi connectivity index (χ3n) is 5.35. The number of thioether (sulfide) groups is 1. The fourth-order valence-electron chi connectivity index (χ4n) is 3.65. The summed E-state index contributed by atoms with van der Waals surface area (Å²) in [6, 6.07) is 16.5. The van der Waals surface area contributed by atoms with Gasteiger partial charge in [-0.25, -0.2) is 4.98 Å². The Morgan fingerprint density at radius 1 is 1.19 bits per heavy atom. The normalized spacial score (nSPS) is 14.7. The van der Waals surface area contributed by atoms with E-state index in [0.717, 1.165) is 60.4 Å². The Morgan fingerprint density at radius 2 is 2.00 bits per heavy atom. The minimum absolute atomic E-state index is 0.154. The maximum atomic E-state index is 13.2. The van der Waals surface area contributed by atoms with Crippen LogP contribution in [0.25, 0.3) is 10.2 Å². The molecule has 0 radical (unpaired) electrons. The molecule has 5 nitrogen and oxygen atoms in total. The number of morpholine rings is 1. The predicted molar refractivity (Wildman–Crippen MR) is 130 cm³/mol. The molecule has 1 saturated heterocycles. The Morgan fingerprint density at radius 3 is 2.81 bits per heavy atom. The zero-order valence-electron chi connectivity index (χ0n) is 18.0. The number of aromatic nitrogens is 1. The summed E-state index contributed by atoms with van der Waals surface area (Å²) in [5.41, 5.74) is 2.18. The second kappa shape index (κ2) is 11.1. The van der Waals surface area contributed by atoms with E-state index < -0.39 is 0 Å². The fourth-order valence-corrected chi connectivity index (χ4v) is 5.62. The Bertz CT molecular complexity index is 987. The molecule has 1 fully saturated rings. The maximum absolute atomic E-state index is 13.2. The first-order valence-corrected chi connectivity index (χ1v) is 12.6. The number of carbonyl (C=O) groups excluding carboxylic acids is 1. The van der Waals surface area contributed by atoms with E-state index in [1.807, 2.05) is 29.2 Å². The molecule has 0 aliphatic carbocycles. The van der Waals surface area contributed by atoms with E-state index in [-0.39, 0.29) is 5.91 Å². The van der Waals surface area contributed by atoms with Gasteiger partial charge in [0.15, 0.2) is 5.13 Å². The van der Waals surface area contributed by atoms with Gasteiger partial charge in [0.05, 0.1) is 23.4 Å². The molecule has 1 aliphatic rings. The minimum atomic E-state index is 0.154. The van der Waals surface area contributed by atoms with Gasteiger partial charge >= 0.3 is 0 Å². The third kappa shape index (κ3) is 6.29. The molecule has 3 aromatic rings. The standard InChI is InChI=1S/C24H29N3O2S2/c1-19-8-9-21-22(18-19)31-24(25-21)27(12-5-11-26-13-15-29-16-14-26)23(28)10-17-30-20-6-3-2-4-7-20/h2-4,6-9,18H,5,10-17H2,1H3. The molecule has 0 N–H and O–H groups in total. The highest BCUT2D eigenvalue weighted by atomic mass is 32.2. The van der Waals surface area contributed by atoms with Gasteiger partial charge in [0.2, 0.25) is 5.91 Å². The number of anilines is 1. The van der Waals surface area contributed by atoms with Crippen molar-refractivity contribution < 1.29 is 9.53 Å². The number of carbonyl (C=O) groups is 1. The number of thiazole rings is 1. The molecule has 2 aromatic carbocycles. The molecule has 0 spiro atoms. The van der Waals surface area contributed by atoms with Gasteiger partial charge in [0.1, 0.15) is 0 Å². The molecule has 164 valence electrons. The average molecular weight is 456 g/mol. The summed E-state index contributed by atoms with van der Waals surface area (Å²) in [5.74, 6) is 0.925. The fraction of sp³-hybridized carbons (Fsp3) is 0.417. The van der Waals surface area contributed by atoms with E-state index in [2.05, 4.69) is 36.1 Å². The highest BCUT2D eigenvalue weighted by molar-refractivity contribution is 7.99. The van der Waals surface area contributed by atoms with Crippen molar-refractivity contribution >= 4 is 44.4 Å². The van der Waals surface area contributed by atoms with Crippen molar-refractivity contribution in [2.24, 2.45) is 0 Å². The van der Waals surface area contributed by atoms with Crippen LogP contribution in [-0.2, 0) is 9.53 Å². The molecule has 1 aromatic heterocycles. The third-order valence-corrected chi connectivity index (χ3v) is 7.41. The summed E-state index contributed by atoms with van der Waals surface area (Å²) in [6.07, 6.45) is 1.44. The average Bonchev–Trinajstić information content (AvgIpc) is 3.20. The second-order valence-electron chi connectivity index (χ2n) is 7.73. The number of hydrogen-bond acceptors (Lipinski definition) is 6. The summed E-state index contributed by atoms with van der Waals surface area (Å²) in [7, 11) is 0. The van der Waals surface area contributed by atoms with Gasteiger partial charge in [-0.2, -0.15) is 0 Å². The van der Waals surface area contributed by atoms with Gasteiger partial charge in [-0.3, -0.25) is 14.6 Å². The molecule has 0 unspecified atom stereocenters. The van der Waals surface area contributed by atoms with E-state index in [9.17, 15) is 4.79 Å². The summed E-state index contributed by atoms with van der Waals surface area (Å²) < 4.78 is 6.58. The van der Waals surface area contributed by atoms with Crippen molar-refractivity contribution in [3.05, 3.63) is 54.1 Å². The van der Waals surface area contributed by atoms with E-state index in [0.29, 0.717) is 13.0 Å². The quantitative estimate of drug-likeness (QED) is 0.432. The largest absolute Gasteiger partial charge is 0.379 e. The van der Waals surface area contributed by atoms with Crippen LogP contribution in [0.5, 0.6) is 0 Å². The lowest BCUT2D eigenvalue weighted by molar-refractivity contribution is -0.118. The van der Waals surface area contributed by atoms with Gasteiger partial charge in [-0.1, -0.05) is 35.6 Å². The van der Waals surface area contributed by atoms with Gasteiger partial charge in [-0.15, -0.1) is 11.8 Å². The summed E-state index contributed by atoms with van der Waals surface area (Å²) >= 11 is 3.35. The number of ether oxygens (including phenoxy) is 1. The lowest BCUT2D eigenvalue weighted by Crippen LogP contribution is -2.39. The number of rotatable bonds is 9. The molecule has 31 heavy (non-hydrogen) atoms. The number of nitrogens with zero attached hydrogens (tertiary/aromatic N) is 3. The Balaban J connectivity index is 1.42. The molecule has 0 bridgehead atoms. The van der Waals surface area contributed by atoms with Crippen LogP contribution in [0.15, 0.2) is 53.4 Å². The first-order valence-electron chi connectivity index (χ1n) is 10.8. The van der Waals surface area contributed by atoms with Gasteiger partial charge in [0, 0.05) is 43.2 Å². The van der Waals surface area contributed by atoms with E-state index in [1.165, 1.54) is 10.5 Å². The van der Waals surface area contributed by atoms with E-state index in [1.54, 1.807) is 23.1 Å². The lowest BCUT2D eigenvalue weighted by atomic mass is 10.2. The van der Waals surface area contributed by atoms with Crippen molar-refractivity contribution in [2.45, 2.75) is 24.7 Å². The Kier molecular flexibility index (Phi) is 7.97. The monoisotopic (exact) mass is 455 g/mol. The molecule has 7 heteroatoms. The molecule has 0 saturated carbocycles. The van der Waals surface area contributed by atoms with Gasteiger partial charge in [0.25, 0.3) is 0 Å². The highest BCUT2D eigenvalue weighted by Crippen LogP contribution is 2.30. The van der Waals surface area contributed by atoms with Crippen LogP contribution < -0.4 is 4.90 Å². The van der Waals surface area contributed by atoms with E-state index >= 15 is 0 Å². The molecule has 0 atom stereocenters. The van der Waals surface area contributed by atoms with Crippen molar-refractivity contribution in [1.82, 2.24) is 9.88 Å². The number of fused-ring (bicyclic) bond motifs is 1. The molecule has 2 heterocycles. The number of benzene rings is 2. The first kappa shape index (κ1) is 22.3. The van der Waals surface area contributed by atoms with Crippen LogP contribution >= 0.6 is 23.1 Å². The maximum Gasteiger partial charge on any atom is 0.229 e. The zero-order chi connectivity index (χ0) is 21.5. The smallest absolute Gasteiger partial charge is 0.229 e. The molecule has 4 rings (SSSR count). The number of amides is 1. The second-order valence-corrected chi connectivity index (χ2v) is 9.91. The Hall–Kier alpha value is -1.93. The van der Waals surface area contributed by atoms with Crippen LogP contribution in [-0.4, -0.2) is 60.9 Å².